The van der Waals surface area contributed by atoms with Gasteiger partial charge in [-0.3, -0.25) is 4.79 Å². The highest BCUT2D eigenvalue weighted by Gasteiger charge is 2.26. The van der Waals surface area contributed by atoms with E-state index in [-0.39, 0.29) is 23.5 Å². The standard InChI is InChI=1S/C16H32N2O2/c1-5-9-20-14-7-6-8-18(12-14)15(19)10-13(17)11-16(2,3)4/h13-14H,5-12,17H2,1-4H3. The summed E-state index contributed by atoms with van der Waals surface area (Å²) in [5.74, 6) is 0.187. The first-order chi connectivity index (χ1) is 9.31. The van der Waals surface area contributed by atoms with Gasteiger partial charge >= 0.3 is 0 Å². The Morgan fingerprint density at radius 3 is 2.75 bits per heavy atom. The minimum Gasteiger partial charge on any atom is -0.376 e. The smallest absolute Gasteiger partial charge is 0.224 e. The van der Waals surface area contributed by atoms with Crippen molar-refractivity contribution in [1.29, 1.82) is 0 Å². The van der Waals surface area contributed by atoms with Crippen molar-refractivity contribution in [2.75, 3.05) is 19.7 Å². The molecule has 0 radical (unpaired) electrons. The molecule has 20 heavy (non-hydrogen) atoms. The summed E-state index contributed by atoms with van der Waals surface area (Å²) in [5, 5.41) is 0. The summed E-state index contributed by atoms with van der Waals surface area (Å²) in [5.41, 5.74) is 6.28. The van der Waals surface area contributed by atoms with Crippen LogP contribution in [0.1, 0.15) is 59.8 Å². The van der Waals surface area contributed by atoms with Gasteiger partial charge in [-0.05, 0) is 31.1 Å². The van der Waals surface area contributed by atoms with Crippen molar-refractivity contribution in [3.8, 4) is 0 Å². The van der Waals surface area contributed by atoms with Gasteiger partial charge in [0.15, 0.2) is 0 Å². The first-order valence-corrected chi connectivity index (χ1v) is 7.97. The fraction of sp³-hybridized carbons (Fsp3) is 0.938. The predicted octanol–water partition coefficient (Wildman–Crippen LogP) is 2.56. The highest BCUT2D eigenvalue weighted by Crippen LogP contribution is 2.22. The number of nitrogens with zero attached hydrogens (tertiary/aromatic N) is 1. The number of carbonyl (C=O) groups is 1. The second kappa shape index (κ2) is 7.99. The van der Waals surface area contributed by atoms with Crippen LogP contribution in [0.2, 0.25) is 0 Å². The third kappa shape index (κ3) is 6.71. The van der Waals surface area contributed by atoms with Crippen LogP contribution in [0.25, 0.3) is 0 Å². The summed E-state index contributed by atoms with van der Waals surface area (Å²) in [7, 11) is 0. The molecule has 1 aliphatic heterocycles. The molecule has 0 aliphatic carbocycles. The van der Waals surface area contributed by atoms with Crippen LogP contribution in [0.15, 0.2) is 0 Å². The van der Waals surface area contributed by atoms with Crippen LogP contribution in [0, 0.1) is 5.41 Å². The van der Waals surface area contributed by atoms with E-state index >= 15 is 0 Å². The third-order valence-electron chi connectivity index (χ3n) is 3.60. The van der Waals surface area contributed by atoms with Gasteiger partial charge in [0.1, 0.15) is 0 Å². The molecule has 1 saturated heterocycles. The number of carbonyl (C=O) groups excluding carboxylic acids is 1. The molecule has 1 fully saturated rings. The number of ether oxygens (including phenoxy) is 1. The Labute approximate surface area is 124 Å². The number of nitrogens with two attached hydrogens (primary N) is 1. The molecule has 4 nitrogen and oxygen atoms in total. The van der Waals surface area contributed by atoms with E-state index in [0.717, 1.165) is 45.4 Å². The van der Waals surface area contributed by atoms with Crippen molar-refractivity contribution in [2.45, 2.75) is 71.9 Å². The van der Waals surface area contributed by atoms with Gasteiger partial charge in [-0.25, -0.2) is 0 Å². The second-order valence-electron chi connectivity index (χ2n) is 7.20. The first kappa shape index (κ1) is 17.4. The number of rotatable bonds is 6. The van der Waals surface area contributed by atoms with Crippen LogP contribution in [0.3, 0.4) is 0 Å². The quantitative estimate of drug-likeness (QED) is 0.815. The van der Waals surface area contributed by atoms with E-state index in [1.165, 1.54) is 0 Å². The van der Waals surface area contributed by atoms with Crippen molar-refractivity contribution >= 4 is 5.91 Å². The molecule has 118 valence electrons. The average molecular weight is 284 g/mol. The maximum atomic E-state index is 12.3. The van der Waals surface area contributed by atoms with Crippen LogP contribution in [0.5, 0.6) is 0 Å². The largest absolute Gasteiger partial charge is 0.376 e. The van der Waals surface area contributed by atoms with Gasteiger partial charge in [-0.2, -0.15) is 0 Å². The molecule has 0 saturated carbocycles. The zero-order valence-corrected chi connectivity index (χ0v) is 13.7. The SMILES string of the molecule is CCCOC1CCCN(C(=O)CC(N)CC(C)(C)C)C1. The van der Waals surface area contributed by atoms with E-state index in [2.05, 4.69) is 27.7 Å². The lowest BCUT2D eigenvalue weighted by molar-refractivity contribution is -0.135. The molecule has 0 aromatic carbocycles. The zero-order valence-electron chi connectivity index (χ0n) is 13.7. The lowest BCUT2D eigenvalue weighted by Crippen LogP contribution is -2.45. The fourth-order valence-electron chi connectivity index (χ4n) is 2.80. The molecule has 1 aliphatic rings. The molecule has 2 atom stereocenters. The van der Waals surface area contributed by atoms with E-state index in [0.29, 0.717) is 6.42 Å². The molecule has 2 unspecified atom stereocenters. The van der Waals surface area contributed by atoms with E-state index in [1.807, 2.05) is 4.90 Å². The van der Waals surface area contributed by atoms with Gasteiger partial charge in [-0.15, -0.1) is 0 Å². The number of hydrogen-bond acceptors (Lipinski definition) is 3. The van der Waals surface area contributed by atoms with Crippen LogP contribution in [-0.2, 0) is 9.53 Å². The van der Waals surface area contributed by atoms with Gasteiger partial charge in [0.25, 0.3) is 0 Å². The van der Waals surface area contributed by atoms with Crippen molar-refractivity contribution in [2.24, 2.45) is 11.1 Å². The minimum atomic E-state index is -0.0422. The molecular weight excluding hydrogens is 252 g/mol. The van der Waals surface area contributed by atoms with E-state index in [4.69, 9.17) is 10.5 Å². The van der Waals surface area contributed by atoms with Crippen LogP contribution in [-0.4, -0.2) is 42.6 Å². The molecule has 4 heteroatoms. The summed E-state index contributed by atoms with van der Waals surface area (Å²) >= 11 is 0. The van der Waals surface area contributed by atoms with E-state index in [1.54, 1.807) is 0 Å². The lowest BCUT2D eigenvalue weighted by atomic mass is 9.87. The van der Waals surface area contributed by atoms with Crippen molar-refractivity contribution in [3.63, 3.8) is 0 Å². The van der Waals surface area contributed by atoms with Gasteiger partial charge in [0.2, 0.25) is 5.91 Å². The van der Waals surface area contributed by atoms with Crippen LogP contribution in [0.4, 0.5) is 0 Å². The lowest BCUT2D eigenvalue weighted by Gasteiger charge is -2.33. The molecule has 0 spiro atoms. The minimum absolute atomic E-state index is 0.0422. The highest BCUT2D eigenvalue weighted by molar-refractivity contribution is 5.77. The topological polar surface area (TPSA) is 55.6 Å². The Bertz CT molecular complexity index is 299. The van der Waals surface area contributed by atoms with E-state index in [9.17, 15) is 4.79 Å². The number of piperidine rings is 1. The number of hydrogen-bond donors (Lipinski definition) is 1. The summed E-state index contributed by atoms with van der Waals surface area (Å²) in [4.78, 5) is 14.2. The summed E-state index contributed by atoms with van der Waals surface area (Å²) in [6.45, 7) is 11.0. The molecule has 1 rings (SSSR count). The Balaban J connectivity index is 2.38. The van der Waals surface area contributed by atoms with Gasteiger partial charge in [-0.1, -0.05) is 27.7 Å². The Kier molecular flexibility index (Phi) is 6.96. The second-order valence-corrected chi connectivity index (χ2v) is 7.20. The molecule has 0 aromatic rings. The molecule has 0 bridgehead atoms. The number of amides is 1. The molecule has 0 aromatic heterocycles. The average Bonchev–Trinajstić information content (AvgIpc) is 2.34. The van der Waals surface area contributed by atoms with E-state index < -0.39 is 0 Å². The molecule has 2 N–H and O–H groups in total. The Morgan fingerprint density at radius 2 is 2.15 bits per heavy atom. The van der Waals surface area contributed by atoms with Gasteiger partial charge < -0.3 is 15.4 Å². The Morgan fingerprint density at radius 1 is 1.45 bits per heavy atom. The third-order valence-corrected chi connectivity index (χ3v) is 3.60. The van der Waals surface area contributed by atoms with Gasteiger partial charge in [0.05, 0.1) is 6.10 Å². The maximum Gasteiger partial charge on any atom is 0.224 e. The highest BCUT2D eigenvalue weighted by atomic mass is 16.5. The maximum absolute atomic E-state index is 12.3. The Hall–Kier alpha value is -0.610. The predicted molar refractivity (Wildman–Crippen MR) is 82.5 cm³/mol. The zero-order chi connectivity index (χ0) is 15.2. The van der Waals surface area contributed by atoms with Crippen molar-refractivity contribution < 1.29 is 9.53 Å². The monoisotopic (exact) mass is 284 g/mol. The first-order valence-electron chi connectivity index (χ1n) is 7.97. The fourth-order valence-corrected chi connectivity index (χ4v) is 2.80. The van der Waals surface area contributed by atoms with Gasteiger partial charge in [0, 0.05) is 32.2 Å². The van der Waals surface area contributed by atoms with Crippen LogP contribution >= 0.6 is 0 Å². The summed E-state index contributed by atoms with van der Waals surface area (Å²) < 4.78 is 5.77. The molecular formula is C16H32N2O2. The molecule has 1 amide bonds. The summed E-state index contributed by atoms with van der Waals surface area (Å²) in [6, 6.07) is -0.0422. The molecule has 1 heterocycles. The van der Waals surface area contributed by atoms with Crippen molar-refractivity contribution in [3.05, 3.63) is 0 Å². The number of likely N-dealkylation sites (tertiary alicyclic amines) is 1. The van der Waals surface area contributed by atoms with Crippen LogP contribution < -0.4 is 5.73 Å². The van der Waals surface area contributed by atoms with Crippen molar-refractivity contribution in [1.82, 2.24) is 4.90 Å². The summed E-state index contributed by atoms with van der Waals surface area (Å²) in [6.07, 6.45) is 4.68. The normalized spacial score (nSPS) is 21.9.